The second-order valence-corrected chi connectivity index (χ2v) is 6.54. The van der Waals surface area contributed by atoms with Gasteiger partial charge in [-0.2, -0.15) is 0 Å². The van der Waals surface area contributed by atoms with E-state index in [0.29, 0.717) is 23.3 Å². The monoisotopic (exact) mass is 302 g/mol. The van der Waals surface area contributed by atoms with E-state index in [4.69, 9.17) is 4.74 Å². The molecule has 0 saturated carbocycles. The molecule has 5 nitrogen and oxygen atoms in total. The predicted octanol–water partition coefficient (Wildman–Crippen LogP) is 2.28. The lowest BCUT2D eigenvalue weighted by Crippen LogP contribution is -2.46. The first-order chi connectivity index (χ1) is 10.5. The molecule has 5 heteroatoms. The van der Waals surface area contributed by atoms with Crippen molar-refractivity contribution in [2.24, 2.45) is 11.8 Å². The van der Waals surface area contributed by atoms with E-state index < -0.39 is 6.10 Å². The third-order valence-corrected chi connectivity index (χ3v) is 4.29. The number of likely N-dealkylation sites (tertiary alicyclic amines) is 1. The van der Waals surface area contributed by atoms with Crippen LogP contribution in [0.5, 0.6) is 5.75 Å². The molecule has 0 aromatic heterocycles. The number of hydrogen-bond donors (Lipinski definition) is 1. The molecule has 1 N–H and O–H groups in total. The number of nitrogens with one attached hydrogen (secondary N) is 1. The zero-order chi connectivity index (χ0) is 15.7. The lowest BCUT2D eigenvalue weighted by molar-refractivity contribution is -0.139. The Hall–Kier alpha value is -2.04. The van der Waals surface area contributed by atoms with Crippen LogP contribution in [-0.4, -0.2) is 35.9 Å². The molecule has 0 radical (unpaired) electrons. The fraction of sp³-hybridized carbons (Fsp3) is 0.529. The lowest BCUT2D eigenvalue weighted by atomic mass is 9.91. The maximum Gasteiger partial charge on any atom is 0.266 e. The van der Waals surface area contributed by atoms with Gasteiger partial charge >= 0.3 is 0 Å². The fourth-order valence-electron chi connectivity index (χ4n) is 3.38. The van der Waals surface area contributed by atoms with Gasteiger partial charge in [-0.3, -0.25) is 9.59 Å². The van der Waals surface area contributed by atoms with Gasteiger partial charge in [0.05, 0.1) is 12.1 Å². The number of nitrogens with zero attached hydrogens (tertiary/aromatic N) is 1. The number of hydrogen-bond acceptors (Lipinski definition) is 3. The van der Waals surface area contributed by atoms with Gasteiger partial charge in [-0.25, -0.2) is 0 Å². The number of anilines is 1. The molecule has 2 aliphatic rings. The molecule has 118 valence electrons. The Morgan fingerprint density at radius 2 is 1.95 bits per heavy atom. The Kier molecular flexibility index (Phi) is 4.05. The van der Waals surface area contributed by atoms with Crippen molar-refractivity contribution in [1.29, 1.82) is 0 Å². The summed E-state index contributed by atoms with van der Waals surface area (Å²) in [5, 5.41) is 2.80. The van der Waals surface area contributed by atoms with Gasteiger partial charge in [0.15, 0.2) is 6.10 Å². The van der Waals surface area contributed by atoms with Crippen LogP contribution in [0.4, 0.5) is 5.69 Å². The van der Waals surface area contributed by atoms with E-state index in [9.17, 15) is 9.59 Å². The average molecular weight is 302 g/mol. The Bertz CT molecular complexity index is 577. The molecule has 0 aliphatic carbocycles. The van der Waals surface area contributed by atoms with Crippen LogP contribution in [0.1, 0.15) is 26.7 Å². The number of ether oxygens (including phenoxy) is 1. The van der Waals surface area contributed by atoms with E-state index in [1.54, 1.807) is 12.1 Å². The van der Waals surface area contributed by atoms with Crippen molar-refractivity contribution in [2.75, 3.05) is 18.4 Å². The van der Waals surface area contributed by atoms with Crippen LogP contribution in [0.2, 0.25) is 0 Å². The van der Waals surface area contributed by atoms with Gasteiger partial charge in [0.2, 0.25) is 5.91 Å². The molecule has 22 heavy (non-hydrogen) atoms. The first-order valence-corrected chi connectivity index (χ1v) is 7.87. The van der Waals surface area contributed by atoms with Crippen LogP contribution in [0.15, 0.2) is 24.3 Å². The standard InChI is InChI=1S/C17H22N2O3/c1-11-7-12(2)10-19(9-11)16(20)8-15-17(21)18-13-5-3-4-6-14(13)22-15/h3-6,11-12,15H,7-10H2,1-2H3,(H,18,21)/t11-,12+,15-/m0/s1. The SMILES string of the molecule is C[C@@H]1C[C@H](C)CN(C(=O)C[C@@H]2Oc3ccccc3NC2=O)C1. The molecule has 2 amide bonds. The van der Waals surface area contributed by atoms with Crippen molar-refractivity contribution in [1.82, 2.24) is 4.90 Å². The van der Waals surface area contributed by atoms with Crippen molar-refractivity contribution >= 4 is 17.5 Å². The molecule has 1 fully saturated rings. The molecular weight excluding hydrogens is 280 g/mol. The highest BCUT2D eigenvalue weighted by Gasteiger charge is 2.33. The Labute approximate surface area is 130 Å². The molecule has 3 atom stereocenters. The van der Waals surface area contributed by atoms with E-state index in [0.717, 1.165) is 19.5 Å². The second-order valence-electron chi connectivity index (χ2n) is 6.54. The molecule has 0 spiro atoms. The molecule has 2 heterocycles. The smallest absolute Gasteiger partial charge is 0.266 e. The molecule has 1 aromatic rings. The minimum atomic E-state index is -0.741. The van der Waals surface area contributed by atoms with Gasteiger partial charge in [-0.05, 0) is 30.4 Å². The molecule has 2 aliphatic heterocycles. The molecule has 1 aromatic carbocycles. The van der Waals surface area contributed by atoms with Crippen LogP contribution in [-0.2, 0) is 9.59 Å². The van der Waals surface area contributed by atoms with Gasteiger partial charge in [0.1, 0.15) is 5.75 Å². The van der Waals surface area contributed by atoms with Crippen molar-refractivity contribution in [3.8, 4) is 5.75 Å². The highest BCUT2D eigenvalue weighted by atomic mass is 16.5. The summed E-state index contributed by atoms with van der Waals surface area (Å²) >= 11 is 0. The predicted molar refractivity (Wildman–Crippen MR) is 83.6 cm³/mol. The number of fused-ring (bicyclic) bond motifs is 1. The number of para-hydroxylation sites is 2. The second kappa shape index (κ2) is 5.99. The van der Waals surface area contributed by atoms with E-state index in [2.05, 4.69) is 19.2 Å². The van der Waals surface area contributed by atoms with Crippen LogP contribution < -0.4 is 10.1 Å². The summed E-state index contributed by atoms with van der Waals surface area (Å²) in [4.78, 5) is 26.4. The van der Waals surface area contributed by atoms with Crippen LogP contribution in [0.25, 0.3) is 0 Å². The number of rotatable bonds is 2. The van der Waals surface area contributed by atoms with Gasteiger partial charge in [0.25, 0.3) is 5.91 Å². The largest absolute Gasteiger partial charge is 0.478 e. The third kappa shape index (κ3) is 3.08. The van der Waals surface area contributed by atoms with Crippen LogP contribution >= 0.6 is 0 Å². The normalized spacial score (nSPS) is 27.6. The topological polar surface area (TPSA) is 58.6 Å². The van der Waals surface area contributed by atoms with E-state index in [1.165, 1.54) is 0 Å². The number of carbonyl (C=O) groups excluding carboxylic acids is 2. The van der Waals surface area contributed by atoms with Crippen LogP contribution in [0, 0.1) is 11.8 Å². The minimum absolute atomic E-state index is 0.00192. The highest BCUT2D eigenvalue weighted by Crippen LogP contribution is 2.30. The Morgan fingerprint density at radius 1 is 1.27 bits per heavy atom. The van der Waals surface area contributed by atoms with Gasteiger partial charge in [0, 0.05) is 13.1 Å². The molecular formula is C17H22N2O3. The van der Waals surface area contributed by atoms with Gasteiger partial charge in [-0.1, -0.05) is 26.0 Å². The van der Waals surface area contributed by atoms with Crippen LogP contribution in [0.3, 0.4) is 0 Å². The molecule has 3 rings (SSSR count). The van der Waals surface area contributed by atoms with Gasteiger partial charge in [-0.15, -0.1) is 0 Å². The summed E-state index contributed by atoms with van der Waals surface area (Å²) in [5.41, 5.74) is 0.663. The summed E-state index contributed by atoms with van der Waals surface area (Å²) in [6, 6.07) is 7.28. The van der Waals surface area contributed by atoms with E-state index in [1.807, 2.05) is 17.0 Å². The zero-order valence-electron chi connectivity index (χ0n) is 13.0. The number of benzene rings is 1. The van der Waals surface area contributed by atoms with Crippen molar-refractivity contribution in [2.45, 2.75) is 32.8 Å². The summed E-state index contributed by atoms with van der Waals surface area (Å²) in [7, 11) is 0. The summed E-state index contributed by atoms with van der Waals surface area (Å²) in [6.45, 7) is 5.87. The lowest BCUT2D eigenvalue weighted by Gasteiger charge is -2.36. The number of amides is 2. The van der Waals surface area contributed by atoms with Crippen molar-refractivity contribution < 1.29 is 14.3 Å². The van der Waals surface area contributed by atoms with E-state index in [-0.39, 0.29) is 18.2 Å². The Morgan fingerprint density at radius 3 is 2.68 bits per heavy atom. The molecule has 0 unspecified atom stereocenters. The Balaban J connectivity index is 1.66. The minimum Gasteiger partial charge on any atom is -0.478 e. The molecule has 1 saturated heterocycles. The zero-order valence-corrected chi connectivity index (χ0v) is 13.0. The first kappa shape index (κ1) is 14.9. The highest BCUT2D eigenvalue weighted by molar-refractivity contribution is 5.99. The number of piperidine rings is 1. The first-order valence-electron chi connectivity index (χ1n) is 7.87. The third-order valence-electron chi connectivity index (χ3n) is 4.29. The maximum atomic E-state index is 12.5. The summed E-state index contributed by atoms with van der Waals surface area (Å²) in [6.07, 6.45) is 0.506. The average Bonchev–Trinajstić information content (AvgIpc) is 2.47. The summed E-state index contributed by atoms with van der Waals surface area (Å²) < 4.78 is 5.70. The molecule has 0 bridgehead atoms. The van der Waals surface area contributed by atoms with E-state index >= 15 is 0 Å². The van der Waals surface area contributed by atoms with Crippen molar-refractivity contribution in [3.05, 3.63) is 24.3 Å². The maximum absolute atomic E-state index is 12.5. The number of carbonyl (C=O) groups is 2. The summed E-state index contributed by atoms with van der Waals surface area (Å²) in [5.74, 6) is 1.40. The van der Waals surface area contributed by atoms with Gasteiger partial charge < -0.3 is 15.0 Å². The quantitative estimate of drug-likeness (QED) is 0.912. The fourth-order valence-corrected chi connectivity index (χ4v) is 3.38. The van der Waals surface area contributed by atoms with Crippen molar-refractivity contribution in [3.63, 3.8) is 0 Å².